The normalized spacial score (nSPS) is 14.1. The van der Waals surface area contributed by atoms with Crippen molar-refractivity contribution in [3.63, 3.8) is 0 Å². The second kappa shape index (κ2) is 8.78. The highest BCUT2D eigenvalue weighted by Gasteiger charge is 2.13. The zero-order valence-corrected chi connectivity index (χ0v) is 11.8. The van der Waals surface area contributed by atoms with Gasteiger partial charge in [-0.15, -0.1) is 0 Å². The van der Waals surface area contributed by atoms with Crippen LogP contribution in [0.25, 0.3) is 0 Å². The summed E-state index contributed by atoms with van der Waals surface area (Å²) < 4.78 is 0. The zero-order chi connectivity index (χ0) is 14.1. The minimum absolute atomic E-state index is 0.00391. The number of urea groups is 1. The summed E-state index contributed by atoms with van der Waals surface area (Å²) in [7, 11) is 0. The van der Waals surface area contributed by atoms with Crippen LogP contribution in [0.1, 0.15) is 40.5 Å². The molecule has 5 heteroatoms. The molecule has 0 aliphatic heterocycles. The summed E-state index contributed by atoms with van der Waals surface area (Å²) in [6.07, 6.45) is 0.841. The fourth-order valence-corrected chi connectivity index (χ4v) is 1.40. The summed E-state index contributed by atoms with van der Waals surface area (Å²) in [5, 5.41) is 14.2. The second-order valence-corrected chi connectivity index (χ2v) is 5.18. The van der Waals surface area contributed by atoms with Gasteiger partial charge in [0.25, 0.3) is 0 Å². The number of amides is 2. The highest BCUT2D eigenvalue weighted by molar-refractivity contribution is 5.74. The number of carbonyl (C=O) groups is 2. The molecule has 3 N–H and O–H groups in total. The van der Waals surface area contributed by atoms with E-state index in [1.807, 2.05) is 6.92 Å². The SMILES string of the molecule is CCC(CNC(=O)NCC(C)C(C)C)CC(=O)O. The Bertz CT molecular complexity index is 267. The summed E-state index contributed by atoms with van der Waals surface area (Å²) in [6, 6.07) is -0.216. The topological polar surface area (TPSA) is 78.4 Å². The molecule has 0 aromatic rings. The van der Waals surface area contributed by atoms with Crippen molar-refractivity contribution in [2.45, 2.75) is 40.5 Å². The highest BCUT2D eigenvalue weighted by atomic mass is 16.4. The molecule has 0 aromatic heterocycles. The van der Waals surface area contributed by atoms with Gasteiger partial charge in [0, 0.05) is 19.5 Å². The van der Waals surface area contributed by atoms with Gasteiger partial charge >= 0.3 is 12.0 Å². The molecule has 18 heavy (non-hydrogen) atoms. The number of carboxylic acids is 1. The van der Waals surface area contributed by atoms with E-state index < -0.39 is 5.97 Å². The van der Waals surface area contributed by atoms with Crippen LogP contribution >= 0.6 is 0 Å². The van der Waals surface area contributed by atoms with Gasteiger partial charge < -0.3 is 15.7 Å². The molecule has 106 valence electrons. The molecule has 2 unspecified atom stereocenters. The van der Waals surface area contributed by atoms with Crippen molar-refractivity contribution >= 4 is 12.0 Å². The van der Waals surface area contributed by atoms with Gasteiger partial charge in [0.05, 0.1) is 0 Å². The fraction of sp³-hybridized carbons (Fsp3) is 0.846. The number of hydrogen-bond donors (Lipinski definition) is 3. The Morgan fingerprint density at radius 3 is 2.11 bits per heavy atom. The van der Waals surface area contributed by atoms with Crippen LogP contribution in [0.4, 0.5) is 4.79 Å². The van der Waals surface area contributed by atoms with Crippen molar-refractivity contribution < 1.29 is 14.7 Å². The summed E-state index contributed by atoms with van der Waals surface area (Å²) in [6.45, 7) is 9.29. The molecule has 0 rings (SSSR count). The van der Waals surface area contributed by atoms with Gasteiger partial charge in [-0.2, -0.15) is 0 Å². The molecule has 2 atom stereocenters. The third-order valence-electron chi connectivity index (χ3n) is 3.31. The van der Waals surface area contributed by atoms with Crippen molar-refractivity contribution in [2.24, 2.45) is 17.8 Å². The Morgan fingerprint density at radius 2 is 1.67 bits per heavy atom. The molecular formula is C13H26N2O3. The van der Waals surface area contributed by atoms with E-state index in [9.17, 15) is 9.59 Å². The smallest absolute Gasteiger partial charge is 0.314 e. The molecular weight excluding hydrogens is 232 g/mol. The van der Waals surface area contributed by atoms with Crippen LogP contribution in [0.2, 0.25) is 0 Å². The molecule has 0 heterocycles. The molecule has 0 bridgehead atoms. The molecule has 0 aliphatic rings. The average Bonchev–Trinajstić information content (AvgIpc) is 2.30. The van der Waals surface area contributed by atoms with Gasteiger partial charge in [0.1, 0.15) is 0 Å². The maximum absolute atomic E-state index is 11.5. The van der Waals surface area contributed by atoms with E-state index in [-0.39, 0.29) is 18.4 Å². The molecule has 5 nitrogen and oxygen atoms in total. The van der Waals surface area contributed by atoms with Crippen molar-refractivity contribution in [1.82, 2.24) is 10.6 Å². The van der Waals surface area contributed by atoms with Gasteiger partial charge in [-0.25, -0.2) is 4.79 Å². The average molecular weight is 258 g/mol. The van der Waals surface area contributed by atoms with Gasteiger partial charge in [0.15, 0.2) is 0 Å². The molecule has 0 radical (unpaired) electrons. The Balaban J connectivity index is 3.84. The van der Waals surface area contributed by atoms with Crippen molar-refractivity contribution in [3.8, 4) is 0 Å². The van der Waals surface area contributed by atoms with E-state index in [4.69, 9.17) is 5.11 Å². The second-order valence-electron chi connectivity index (χ2n) is 5.18. The number of aliphatic carboxylic acids is 1. The number of hydrogen-bond acceptors (Lipinski definition) is 2. The highest BCUT2D eigenvalue weighted by Crippen LogP contribution is 2.08. The monoisotopic (exact) mass is 258 g/mol. The van der Waals surface area contributed by atoms with Crippen molar-refractivity contribution in [2.75, 3.05) is 13.1 Å². The lowest BCUT2D eigenvalue weighted by molar-refractivity contribution is -0.138. The number of carboxylic acid groups (broad SMARTS) is 1. The maximum atomic E-state index is 11.5. The molecule has 0 aliphatic carbocycles. The first-order chi connectivity index (χ1) is 8.36. The fourth-order valence-electron chi connectivity index (χ4n) is 1.40. The van der Waals surface area contributed by atoms with E-state index in [0.717, 1.165) is 6.42 Å². The van der Waals surface area contributed by atoms with E-state index in [2.05, 4.69) is 31.4 Å². The molecule has 0 saturated carbocycles. The van der Waals surface area contributed by atoms with Gasteiger partial charge in [-0.05, 0) is 17.8 Å². The Kier molecular flexibility index (Phi) is 8.16. The minimum Gasteiger partial charge on any atom is -0.481 e. The molecule has 2 amide bonds. The largest absolute Gasteiger partial charge is 0.481 e. The predicted octanol–water partition coefficient (Wildman–Crippen LogP) is 2.08. The summed E-state index contributed by atoms with van der Waals surface area (Å²) in [5.74, 6) is 0.130. The predicted molar refractivity (Wildman–Crippen MR) is 71.4 cm³/mol. The van der Waals surface area contributed by atoms with E-state index in [1.54, 1.807) is 0 Å². The summed E-state index contributed by atoms with van der Waals surface area (Å²) >= 11 is 0. The molecule has 0 aromatic carbocycles. The lowest BCUT2D eigenvalue weighted by Gasteiger charge is -2.18. The van der Waals surface area contributed by atoms with Crippen LogP contribution in [0.15, 0.2) is 0 Å². The first-order valence-corrected chi connectivity index (χ1v) is 6.60. The standard InChI is InChI=1S/C13H26N2O3/c1-5-11(6-12(16)17)8-15-13(18)14-7-10(4)9(2)3/h9-11H,5-8H2,1-4H3,(H,16,17)(H2,14,15,18). The summed E-state index contributed by atoms with van der Waals surface area (Å²) in [4.78, 5) is 22.1. The maximum Gasteiger partial charge on any atom is 0.314 e. The third-order valence-corrected chi connectivity index (χ3v) is 3.31. The quantitative estimate of drug-likeness (QED) is 0.623. The number of rotatable bonds is 8. The Labute approximate surface area is 109 Å². The zero-order valence-electron chi connectivity index (χ0n) is 11.8. The van der Waals surface area contributed by atoms with Crippen molar-refractivity contribution in [3.05, 3.63) is 0 Å². The molecule has 0 fully saturated rings. The molecule has 0 saturated heterocycles. The van der Waals surface area contributed by atoms with Gasteiger partial charge in [0.2, 0.25) is 0 Å². The van der Waals surface area contributed by atoms with Gasteiger partial charge in [-0.1, -0.05) is 34.1 Å². The van der Waals surface area contributed by atoms with Crippen LogP contribution in [0.3, 0.4) is 0 Å². The number of nitrogens with one attached hydrogen (secondary N) is 2. The van der Waals surface area contributed by atoms with Crippen LogP contribution in [0, 0.1) is 17.8 Å². The lowest BCUT2D eigenvalue weighted by atomic mass is 9.98. The first kappa shape index (κ1) is 16.7. The summed E-state index contributed by atoms with van der Waals surface area (Å²) in [5.41, 5.74) is 0. The Morgan fingerprint density at radius 1 is 1.11 bits per heavy atom. The van der Waals surface area contributed by atoms with Crippen LogP contribution < -0.4 is 10.6 Å². The molecule has 0 spiro atoms. The van der Waals surface area contributed by atoms with Crippen LogP contribution in [-0.2, 0) is 4.79 Å². The minimum atomic E-state index is -0.822. The van der Waals surface area contributed by atoms with Crippen LogP contribution in [0.5, 0.6) is 0 Å². The van der Waals surface area contributed by atoms with Gasteiger partial charge in [-0.3, -0.25) is 4.79 Å². The first-order valence-electron chi connectivity index (χ1n) is 6.60. The third kappa shape index (κ3) is 7.92. The van der Waals surface area contributed by atoms with E-state index in [0.29, 0.717) is 24.9 Å². The van der Waals surface area contributed by atoms with E-state index in [1.165, 1.54) is 0 Å². The van der Waals surface area contributed by atoms with Crippen molar-refractivity contribution in [1.29, 1.82) is 0 Å². The van der Waals surface area contributed by atoms with E-state index >= 15 is 0 Å². The Hall–Kier alpha value is -1.26. The van der Waals surface area contributed by atoms with Crippen LogP contribution in [-0.4, -0.2) is 30.2 Å². The number of carbonyl (C=O) groups excluding carboxylic acids is 1. The lowest BCUT2D eigenvalue weighted by Crippen LogP contribution is -2.40.